The van der Waals surface area contributed by atoms with Crippen molar-refractivity contribution in [1.82, 2.24) is 5.32 Å². The van der Waals surface area contributed by atoms with E-state index in [0.29, 0.717) is 6.54 Å². The van der Waals surface area contributed by atoms with Crippen molar-refractivity contribution in [3.8, 4) is 0 Å². The molecule has 11 heavy (non-hydrogen) atoms. The van der Waals surface area contributed by atoms with Crippen LogP contribution in [0.2, 0.25) is 0 Å². The molecule has 0 aromatic rings. The van der Waals surface area contributed by atoms with E-state index in [1.807, 2.05) is 0 Å². The molecule has 0 aromatic carbocycles. The Balaban J connectivity index is 0.000001000. The Hall–Kier alpha value is -0.220. The highest BCUT2D eigenvalue weighted by molar-refractivity contribution is 5.85. The number of hydrogen-bond donors (Lipinski definition) is 1. The Morgan fingerprint density at radius 2 is 2.09 bits per heavy atom. The zero-order valence-corrected chi connectivity index (χ0v) is 6.50. The summed E-state index contributed by atoms with van der Waals surface area (Å²) in [6, 6.07) is -0.500. The third-order valence-corrected chi connectivity index (χ3v) is 1.32. The molecular formula is C6H9ClF3N. The third kappa shape index (κ3) is 4.27. The van der Waals surface area contributed by atoms with Gasteiger partial charge in [0.05, 0.1) is 6.42 Å². The maximum atomic E-state index is 11.6. The van der Waals surface area contributed by atoms with Crippen LogP contribution in [0, 0.1) is 0 Å². The summed E-state index contributed by atoms with van der Waals surface area (Å²) in [5, 5.41) is 2.68. The molecule has 1 aliphatic heterocycles. The molecule has 0 radical (unpaired) electrons. The average molecular weight is 188 g/mol. The van der Waals surface area contributed by atoms with Gasteiger partial charge in [-0.15, -0.1) is 12.4 Å². The van der Waals surface area contributed by atoms with Gasteiger partial charge in [0.25, 0.3) is 0 Å². The summed E-state index contributed by atoms with van der Waals surface area (Å²) < 4.78 is 34.9. The Bertz CT molecular complexity index is 143. The molecule has 0 bridgehead atoms. The number of hydrogen-bond acceptors (Lipinski definition) is 1. The molecule has 1 nitrogen and oxygen atoms in total. The van der Waals surface area contributed by atoms with Crippen LogP contribution in [-0.4, -0.2) is 18.8 Å². The molecule has 1 N–H and O–H groups in total. The van der Waals surface area contributed by atoms with Crippen molar-refractivity contribution in [2.75, 3.05) is 6.54 Å². The average Bonchev–Trinajstić information content (AvgIpc) is 2.12. The van der Waals surface area contributed by atoms with Gasteiger partial charge in [-0.1, -0.05) is 12.2 Å². The molecule has 1 aliphatic rings. The lowest BCUT2D eigenvalue weighted by Crippen LogP contribution is -2.28. The number of rotatable bonds is 1. The Kier molecular flexibility index (Phi) is 3.89. The van der Waals surface area contributed by atoms with Gasteiger partial charge in [-0.05, 0) is 0 Å². The van der Waals surface area contributed by atoms with Crippen LogP contribution >= 0.6 is 12.4 Å². The summed E-state index contributed by atoms with van der Waals surface area (Å²) in [7, 11) is 0. The fourth-order valence-corrected chi connectivity index (χ4v) is 0.909. The van der Waals surface area contributed by atoms with E-state index >= 15 is 0 Å². The van der Waals surface area contributed by atoms with Crippen molar-refractivity contribution < 1.29 is 13.2 Å². The second kappa shape index (κ2) is 3.97. The predicted octanol–water partition coefficient (Wildman–Crippen LogP) is 1.89. The molecule has 1 unspecified atom stereocenters. The highest BCUT2D eigenvalue weighted by atomic mass is 35.5. The normalized spacial score (nSPS) is 23.4. The van der Waals surface area contributed by atoms with Gasteiger partial charge in [0.1, 0.15) is 0 Å². The summed E-state index contributed by atoms with van der Waals surface area (Å²) in [6.07, 6.45) is -1.56. The first-order valence-electron chi connectivity index (χ1n) is 3.05. The standard InChI is InChI=1S/C6H8F3N.ClH/c7-6(8,9)4-5-2-1-3-10-5;/h1-2,5,10H,3-4H2;1H. The van der Waals surface area contributed by atoms with Crippen LogP contribution in [0.5, 0.6) is 0 Å². The fraction of sp³-hybridized carbons (Fsp3) is 0.667. The van der Waals surface area contributed by atoms with Gasteiger partial charge in [-0.25, -0.2) is 0 Å². The molecule has 0 aliphatic carbocycles. The van der Waals surface area contributed by atoms with Gasteiger partial charge in [0.15, 0.2) is 0 Å². The first kappa shape index (κ1) is 10.8. The van der Waals surface area contributed by atoms with Crippen LogP contribution in [-0.2, 0) is 0 Å². The molecule has 0 aromatic heterocycles. The highest BCUT2D eigenvalue weighted by Gasteiger charge is 2.31. The van der Waals surface area contributed by atoms with E-state index in [1.165, 1.54) is 0 Å². The zero-order valence-electron chi connectivity index (χ0n) is 5.69. The third-order valence-electron chi connectivity index (χ3n) is 1.32. The summed E-state index contributed by atoms with van der Waals surface area (Å²) >= 11 is 0. The zero-order chi connectivity index (χ0) is 7.61. The van der Waals surface area contributed by atoms with E-state index in [1.54, 1.807) is 12.2 Å². The maximum absolute atomic E-state index is 11.6. The minimum Gasteiger partial charge on any atom is -0.307 e. The number of halogens is 4. The van der Waals surface area contributed by atoms with E-state index in [-0.39, 0.29) is 12.4 Å². The largest absolute Gasteiger partial charge is 0.390 e. The van der Waals surface area contributed by atoms with Crippen molar-refractivity contribution in [3.05, 3.63) is 12.2 Å². The maximum Gasteiger partial charge on any atom is 0.390 e. The fourth-order valence-electron chi connectivity index (χ4n) is 0.909. The van der Waals surface area contributed by atoms with Crippen molar-refractivity contribution in [2.24, 2.45) is 0 Å². The number of alkyl halides is 3. The summed E-state index contributed by atoms with van der Waals surface area (Å²) in [5.41, 5.74) is 0. The summed E-state index contributed by atoms with van der Waals surface area (Å²) in [4.78, 5) is 0. The Labute approximate surface area is 69.1 Å². The lowest BCUT2D eigenvalue weighted by molar-refractivity contribution is -0.137. The minimum absolute atomic E-state index is 0. The van der Waals surface area contributed by atoms with Gasteiger partial charge < -0.3 is 5.32 Å². The van der Waals surface area contributed by atoms with Gasteiger partial charge >= 0.3 is 6.18 Å². The molecule has 0 spiro atoms. The molecule has 5 heteroatoms. The van der Waals surface area contributed by atoms with E-state index < -0.39 is 18.6 Å². The van der Waals surface area contributed by atoms with Gasteiger partial charge in [-0.2, -0.15) is 13.2 Å². The van der Waals surface area contributed by atoms with Crippen molar-refractivity contribution >= 4 is 12.4 Å². The smallest absolute Gasteiger partial charge is 0.307 e. The van der Waals surface area contributed by atoms with E-state index in [0.717, 1.165) is 0 Å². The quantitative estimate of drug-likeness (QED) is 0.619. The Morgan fingerprint density at radius 3 is 2.45 bits per heavy atom. The summed E-state index contributed by atoms with van der Waals surface area (Å²) in [5.74, 6) is 0. The molecule has 0 saturated carbocycles. The van der Waals surface area contributed by atoms with E-state index in [2.05, 4.69) is 5.32 Å². The molecule has 1 rings (SSSR count). The second-order valence-electron chi connectivity index (χ2n) is 2.26. The molecule has 1 heterocycles. The van der Waals surface area contributed by atoms with Crippen molar-refractivity contribution in [3.63, 3.8) is 0 Å². The van der Waals surface area contributed by atoms with Gasteiger partial charge in [0, 0.05) is 12.6 Å². The molecule has 66 valence electrons. The van der Waals surface area contributed by atoms with Crippen LogP contribution in [0.4, 0.5) is 13.2 Å². The second-order valence-corrected chi connectivity index (χ2v) is 2.26. The molecule has 0 saturated heterocycles. The van der Waals surface area contributed by atoms with Crippen LogP contribution in [0.1, 0.15) is 6.42 Å². The van der Waals surface area contributed by atoms with Crippen molar-refractivity contribution in [1.29, 1.82) is 0 Å². The highest BCUT2D eigenvalue weighted by Crippen LogP contribution is 2.22. The van der Waals surface area contributed by atoms with Crippen LogP contribution in [0.25, 0.3) is 0 Å². The lowest BCUT2D eigenvalue weighted by atomic mass is 10.2. The number of nitrogens with one attached hydrogen (secondary N) is 1. The van der Waals surface area contributed by atoms with E-state index in [4.69, 9.17) is 0 Å². The van der Waals surface area contributed by atoms with Crippen LogP contribution in [0.15, 0.2) is 12.2 Å². The Morgan fingerprint density at radius 1 is 1.45 bits per heavy atom. The first-order valence-corrected chi connectivity index (χ1v) is 3.05. The lowest BCUT2D eigenvalue weighted by Gasteiger charge is -2.11. The van der Waals surface area contributed by atoms with Gasteiger partial charge in [0.2, 0.25) is 0 Å². The molecule has 0 fully saturated rings. The molecule has 1 atom stereocenters. The monoisotopic (exact) mass is 187 g/mol. The SMILES string of the molecule is Cl.FC(F)(F)CC1C=CCN1. The van der Waals surface area contributed by atoms with E-state index in [9.17, 15) is 13.2 Å². The topological polar surface area (TPSA) is 12.0 Å². The molecule has 0 amide bonds. The first-order chi connectivity index (χ1) is 4.58. The molecular weight excluding hydrogens is 179 g/mol. The summed E-state index contributed by atoms with van der Waals surface area (Å²) in [6.45, 7) is 0.556. The van der Waals surface area contributed by atoms with Crippen LogP contribution < -0.4 is 5.32 Å². The van der Waals surface area contributed by atoms with Crippen molar-refractivity contribution in [2.45, 2.75) is 18.6 Å². The predicted molar refractivity (Wildman–Crippen MR) is 38.9 cm³/mol. The van der Waals surface area contributed by atoms with Crippen LogP contribution in [0.3, 0.4) is 0 Å². The minimum atomic E-state index is -4.05. The van der Waals surface area contributed by atoms with Gasteiger partial charge in [-0.3, -0.25) is 0 Å².